The maximum atomic E-state index is 12.7. The lowest BCUT2D eigenvalue weighted by Crippen LogP contribution is -2.06. The second-order valence-corrected chi connectivity index (χ2v) is 6.54. The number of nitrogens with one attached hydrogen (secondary N) is 1. The summed E-state index contributed by atoms with van der Waals surface area (Å²) < 4.78 is 50.7. The zero-order valence-electron chi connectivity index (χ0n) is 16.5. The summed E-state index contributed by atoms with van der Waals surface area (Å²) in [6, 6.07) is 8.02. The summed E-state index contributed by atoms with van der Waals surface area (Å²) in [4.78, 5) is 8.57. The summed E-state index contributed by atoms with van der Waals surface area (Å²) >= 11 is 0. The van der Waals surface area contributed by atoms with Gasteiger partial charge in [0.25, 0.3) is 5.89 Å². The molecule has 160 valence electrons. The zero-order chi connectivity index (χ0) is 22.0. The Morgan fingerprint density at radius 2 is 1.94 bits per heavy atom. The van der Waals surface area contributed by atoms with E-state index in [0.717, 1.165) is 17.7 Å². The highest BCUT2D eigenvalue weighted by atomic mass is 19.4. The summed E-state index contributed by atoms with van der Waals surface area (Å²) in [6.07, 6.45) is -1.20. The normalized spacial score (nSPS) is 11.5. The molecule has 4 aromatic rings. The third-order valence-electron chi connectivity index (χ3n) is 4.55. The van der Waals surface area contributed by atoms with E-state index in [9.17, 15) is 13.2 Å². The number of benzene rings is 1. The minimum Gasteiger partial charge on any atom is -0.487 e. The average molecular weight is 430 g/mol. The summed E-state index contributed by atoms with van der Waals surface area (Å²) in [6.45, 7) is 0.0497. The highest BCUT2D eigenvalue weighted by molar-refractivity contribution is 5.63. The Kier molecular flexibility index (Phi) is 5.32. The van der Waals surface area contributed by atoms with Gasteiger partial charge in [0.1, 0.15) is 18.2 Å². The molecule has 3 heterocycles. The zero-order valence-corrected chi connectivity index (χ0v) is 16.5. The topological polar surface area (TPSA) is 90.9 Å². The standard InChI is InChI=1S/C20H17F3N6O2/c1-24-17-9-12(7-8-25-17)18-27-19(31-28-18)15-10-26-29(2)16(15)11-30-14-5-3-13(4-6-14)20(21,22)23/h3-10H,11H2,1-2H3,(H,24,25). The van der Waals surface area contributed by atoms with Gasteiger partial charge in [0.15, 0.2) is 0 Å². The molecular formula is C20H17F3N6O2. The van der Waals surface area contributed by atoms with Crippen LogP contribution in [-0.4, -0.2) is 32.0 Å². The van der Waals surface area contributed by atoms with Gasteiger partial charge < -0.3 is 14.6 Å². The van der Waals surface area contributed by atoms with Crippen molar-refractivity contribution >= 4 is 5.82 Å². The fourth-order valence-corrected chi connectivity index (χ4v) is 2.86. The molecule has 0 aliphatic heterocycles. The second-order valence-electron chi connectivity index (χ2n) is 6.54. The van der Waals surface area contributed by atoms with Gasteiger partial charge in [-0.2, -0.15) is 23.3 Å². The van der Waals surface area contributed by atoms with E-state index in [4.69, 9.17) is 9.26 Å². The van der Waals surface area contributed by atoms with E-state index in [-0.39, 0.29) is 12.5 Å². The number of ether oxygens (including phenoxy) is 1. The quantitative estimate of drug-likeness (QED) is 0.491. The number of aromatic nitrogens is 5. The van der Waals surface area contributed by atoms with Gasteiger partial charge in [-0.05, 0) is 36.4 Å². The number of halogens is 3. The smallest absolute Gasteiger partial charge is 0.416 e. The SMILES string of the molecule is CNc1cc(-c2noc(-c3cnn(C)c3COc3ccc(C(F)(F)F)cc3)n2)ccn1. The molecule has 0 saturated heterocycles. The number of hydrogen-bond acceptors (Lipinski definition) is 7. The molecule has 0 bridgehead atoms. The number of pyridine rings is 1. The van der Waals surface area contributed by atoms with Crippen LogP contribution >= 0.6 is 0 Å². The number of aryl methyl sites for hydroxylation is 1. The molecule has 0 amide bonds. The maximum Gasteiger partial charge on any atom is 0.416 e. The van der Waals surface area contributed by atoms with E-state index in [2.05, 4.69) is 25.5 Å². The molecule has 0 unspecified atom stereocenters. The fraction of sp³-hybridized carbons (Fsp3) is 0.200. The molecule has 0 aliphatic carbocycles. The maximum absolute atomic E-state index is 12.7. The van der Waals surface area contributed by atoms with Gasteiger partial charge in [-0.15, -0.1) is 0 Å². The fourth-order valence-electron chi connectivity index (χ4n) is 2.86. The van der Waals surface area contributed by atoms with E-state index in [1.165, 1.54) is 12.1 Å². The molecule has 31 heavy (non-hydrogen) atoms. The van der Waals surface area contributed by atoms with Crippen LogP contribution in [0.4, 0.5) is 19.0 Å². The van der Waals surface area contributed by atoms with Gasteiger partial charge in [0, 0.05) is 25.9 Å². The van der Waals surface area contributed by atoms with E-state index < -0.39 is 11.7 Å². The Hall–Kier alpha value is -3.89. The van der Waals surface area contributed by atoms with Crippen LogP contribution in [0, 0.1) is 0 Å². The van der Waals surface area contributed by atoms with Gasteiger partial charge >= 0.3 is 6.18 Å². The number of alkyl halides is 3. The molecule has 0 radical (unpaired) electrons. The van der Waals surface area contributed by atoms with Crippen LogP contribution in [0.1, 0.15) is 11.3 Å². The lowest BCUT2D eigenvalue weighted by molar-refractivity contribution is -0.137. The first-order valence-corrected chi connectivity index (χ1v) is 9.14. The molecule has 0 saturated carbocycles. The van der Waals surface area contributed by atoms with Crippen molar-refractivity contribution in [2.45, 2.75) is 12.8 Å². The second kappa shape index (κ2) is 8.09. The first-order chi connectivity index (χ1) is 14.8. The van der Waals surface area contributed by atoms with E-state index in [1.807, 2.05) is 0 Å². The molecular weight excluding hydrogens is 413 g/mol. The van der Waals surface area contributed by atoms with E-state index in [1.54, 1.807) is 43.3 Å². The molecule has 0 spiro atoms. The Labute approximate surface area is 174 Å². The van der Waals surface area contributed by atoms with Crippen LogP contribution in [0.5, 0.6) is 5.75 Å². The molecule has 0 fully saturated rings. The van der Waals surface area contributed by atoms with Gasteiger partial charge in [-0.3, -0.25) is 4.68 Å². The molecule has 0 aliphatic rings. The summed E-state index contributed by atoms with van der Waals surface area (Å²) in [5, 5.41) is 11.2. The van der Waals surface area contributed by atoms with Crippen molar-refractivity contribution in [1.29, 1.82) is 0 Å². The van der Waals surface area contributed by atoms with Crippen LogP contribution in [0.15, 0.2) is 53.3 Å². The van der Waals surface area contributed by atoms with Crippen LogP contribution in [0.2, 0.25) is 0 Å². The Bertz CT molecular complexity index is 1180. The molecule has 0 atom stereocenters. The minimum absolute atomic E-state index is 0.0497. The Morgan fingerprint density at radius 1 is 1.16 bits per heavy atom. The third-order valence-corrected chi connectivity index (χ3v) is 4.55. The van der Waals surface area contributed by atoms with Crippen LogP contribution < -0.4 is 10.1 Å². The van der Waals surface area contributed by atoms with Crippen LogP contribution in [-0.2, 0) is 19.8 Å². The molecule has 1 aromatic carbocycles. The monoisotopic (exact) mass is 430 g/mol. The van der Waals surface area contributed by atoms with Crippen LogP contribution in [0.25, 0.3) is 22.8 Å². The van der Waals surface area contributed by atoms with Gasteiger partial charge in [-0.1, -0.05) is 5.16 Å². The predicted octanol–water partition coefficient (Wildman–Crippen LogP) is 4.17. The number of anilines is 1. The molecule has 1 N–H and O–H groups in total. The van der Waals surface area contributed by atoms with Crippen molar-refractivity contribution in [3.05, 3.63) is 60.0 Å². The van der Waals surface area contributed by atoms with Gasteiger partial charge in [0.2, 0.25) is 5.82 Å². The average Bonchev–Trinajstić information content (AvgIpc) is 3.39. The lowest BCUT2D eigenvalue weighted by atomic mass is 10.2. The molecule has 8 nitrogen and oxygen atoms in total. The first-order valence-electron chi connectivity index (χ1n) is 9.14. The van der Waals surface area contributed by atoms with Gasteiger partial charge in [0.05, 0.1) is 23.0 Å². The number of hydrogen-bond donors (Lipinski definition) is 1. The lowest BCUT2D eigenvalue weighted by Gasteiger charge is -2.10. The van der Waals surface area contributed by atoms with Gasteiger partial charge in [-0.25, -0.2) is 4.98 Å². The van der Waals surface area contributed by atoms with Crippen molar-refractivity contribution in [1.82, 2.24) is 24.9 Å². The summed E-state index contributed by atoms with van der Waals surface area (Å²) in [7, 11) is 3.47. The summed E-state index contributed by atoms with van der Waals surface area (Å²) in [5.41, 5.74) is 1.18. The Balaban J connectivity index is 1.54. The predicted molar refractivity (Wildman–Crippen MR) is 105 cm³/mol. The number of rotatable bonds is 6. The van der Waals surface area contributed by atoms with Crippen molar-refractivity contribution < 1.29 is 22.4 Å². The molecule has 11 heteroatoms. The highest BCUT2D eigenvalue weighted by Crippen LogP contribution is 2.31. The van der Waals surface area contributed by atoms with Crippen LogP contribution in [0.3, 0.4) is 0 Å². The van der Waals surface area contributed by atoms with E-state index >= 15 is 0 Å². The van der Waals surface area contributed by atoms with Crippen molar-refractivity contribution in [2.24, 2.45) is 7.05 Å². The first kappa shape index (κ1) is 20.4. The van der Waals surface area contributed by atoms with Crippen molar-refractivity contribution in [2.75, 3.05) is 12.4 Å². The highest BCUT2D eigenvalue weighted by Gasteiger charge is 2.30. The van der Waals surface area contributed by atoms with Crippen molar-refractivity contribution in [3.8, 4) is 28.6 Å². The number of nitrogens with zero attached hydrogens (tertiary/aromatic N) is 5. The third kappa shape index (κ3) is 4.34. The summed E-state index contributed by atoms with van der Waals surface area (Å²) in [5.74, 6) is 1.59. The minimum atomic E-state index is -4.40. The Morgan fingerprint density at radius 3 is 2.65 bits per heavy atom. The molecule has 4 rings (SSSR count). The largest absolute Gasteiger partial charge is 0.487 e. The molecule has 3 aromatic heterocycles. The van der Waals surface area contributed by atoms with Crippen molar-refractivity contribution in [3.63, 3.8) is 0 Å². The van der Waals surface area contributed by atoms with E-state index in [0.29, 0.717) is 28.6 Å².